The van der Waals surface area contributed by atoms with E-state index < -0.39 is 7.82 Å². The third-order valence-corrected chi connectivity index (χ3v) is 2.97. The molecule has 0 saturated heterocycles. The van der Waals surface area contributed by atoms with Crippen LogP contribution in [0.5, 0.6) is 0 Å². The lowest BCUT2D eigenvalue weighted by Crippen LogP contribution is -2.61. The Morgan fingerprint density at radius 3 is 2.19 bits per heavy atom. The van der Waals surface area contributed by atoms with Gasteiger partial charge in [-0.15, -0.1) is 0 Å². The van der Waals surface area contributed by atoms with Gasteiger partial charge in [-0.1, -0.05) is 19.8 Å². The van der Waals surface area contributed by atoms with Crippen molar-refractivity contribution in [2.45, 2.75) is 57.9 Å². The molecule has 6 heteroatoms. The van der Waals surface area contributed by atoms with Crippen molar-refractivity contribution in [3.05, 3.63) is 0 Å². The summed E-state index contributed by atoms with van der Waals surface area (Å²) in [6, 6.07) is 0.786. The third kappa shape index (κ3) is 12.1. The van der Waals surface area contributed by atoms with Crippen LogP contribution in [0.1, 0.15) is 51.9 Å². The van der Waals surface area contributed by atoms with E-state index in [2.05, 4.69) is 10.3 Å². The van der Waals surface area contributed by atoms with E-state index in [4.69, 9.17) is 0 Å². The van der Waals surface area contributed by atoms with Crippen molar-refractivity contribution in [2.75, 3.05) is 6.61 Å². The Kier molecular flexibility index (Phi) is 9.18. The van der Waals surface area contributed by atoms with Crippen LogP contribution in [0.25, 0.3) is 0 Å². The molecule has 98 valence electrons. The second-order valence-corrected chi connectivity index (χ2v) is 5.29. The summed E-state index contributed by atoms with van der Waals surface area (Å²) in [5, 5.41) is 0. The van der Waals surface area contributed by atoms with Crippen molar-refractivity contribution in [3.63, 3.8) is 0 Å². The van der Waals surface area contributed by atoms with Gasteiger partial charge in [-0.2, -0.15) is 0 Å². The molecule has 1 rings (SSSR count). The van der Waals surface area contributed by atoms with E-state index in [1.54, 1.807) is 0 Å². The molecule has 5 nitrogen and oxygen atoms in total. The Morgan fingerprint density at radius 2 is 1.88 bits per heavy atom. The Bertz CT molecular complexity index is 201. The van der Waals surface area contributed by atoms with Gasteiger partial charge in [-0.25, -0.2) is 0 Å². The summed E-state index contributed by atoms with van der Waals surface area (Å²) in [6.07, 6.45) is 8.48. The molecule has 0 bridgehead atoms. The van der Waals surface area contributed by atoms with Crippen LogP contribution in [0.3, 0.4) is 0 Å². The summed E-state index contributed by atoms with van der Waals surface area (Å²) in [5.41, 5.74) is 4.00. The lowest BCUT2D eigenvalue weighted by atomic mass is 9.97. The minimum Gasteiger partial charge on any atom is -0.790 e. The average Bonchev–Trinajstić information content (AvgIpc) is 2.18. The summed E-state index contributed by atoms with van der Waals surface area (Å²) in [7, 11) is -4.70. The van der Waals surface area contributed by atoms with Gasteiger partial charge in [-0.05, 0) is 32.1 Å². The summed E-state index contributed by atoms with van der Waals surface area (Å²) in [6.45, 7) is 1.89. The van der Waals surface area contributed by atoms with E-state index in [1.807, 2.05) is 6.92 Å². The van der Waals surface area contributed by atoms with Crippen LogP contribution in [0.4, 0.5) is 0 Å². The summed E-state index contributed by atoms with van der Waals surface area (Å²) >= 11 is 0. The monoisotopic (exact) mass is 252 g/mol. The van der Waals surface area contributed by atoms with Gasteiger partial charge in [0, 0.05) is 0 Å². The zero-order valence-electron chi connectivity index (χ0n) is 10.0. The first-order chi connectivity index (χ1) is 7.45. The molecule has 1 aliphatic rings. The standard InChI is InChI=1S/C6H13N.C4H11O4P/c7-6-4-2-1-3-5-6;1-2-3-4-8-9(5,6)7/h6H,1-5,7H2;2-4H2,1H3,(H2,5,6,7)/p-1. The molecule has 1 fully saturated rings. The van der Waals surface area contributed by atoms with E-state index in [1.165, 1.54) is 32.1 Å². The quantitative estimate of drug-likeness (QED) is 0.570. The zero-order chi connectivity index (χ0) is 12.4. The molecule has 0 aromatic heterocycles. The molecule has 0 heterocycles. The van der Waals surface area contributed by atoms with Crippen LogP contribution in [0, 0.1) is 0 Å². The first-order valence-corrected chi connectivity index (χ1v) is 7.41. The van der Waals surface area contributed by atoms with Gasteiger partial charge in [0.15, 0.2) is 0 Å². The van der Waals surface area contributed by atoms with Crippen LogP contribution in [-0.4, -0.2) is 12.6 Å². The number of hydrogen-bond donors (Lipinski definition) is 1. The molecule has 0 aromatic rings. The second-order valence-electron chi connectivity index (χ2n) is 4.14. The molecule has 16 heavy (non-hydrogen) atoms. The highest BCUT2D eigenvalue weighted by molar-refractivity contribution is 7.43. The molecular weight excluding hydrogens is 229 g/mol. The first kappa shape index (κ1) is 16.1. The maximum absolute atomic E-state index is 9.76. The van der Waals surface area contributed by atoms with E-state index in [0.29, 0.717) is 6.42 Å². The van der Waals surface area contributed by atoms with Crippen molar-refractivity contribution < 1.29 is 24.6 Å². The fourth-order valence-electron chi connectivity index (χ4n) is 1.51. The normalized spacial score (nSPS) is 17.8. The van der Waals surface area contributed by atoms with Gasteiger partial charge in [0.25, 0.3) is 0 Å². The molecule has 0 atom stereocenters. The number of rotatable bonds is 4. The number of quaternary nitrogens is 1. The van der Waals surface area contributed by atoms with E-state index in [0.717, 1.165) is 12.5 Å². The molecule has 1 saturated carbocycles. The highest BCUT2D eigenvalue weighted by Crippen LogP contribution is 2.24. The van der Waals surface area contributed by atoms with Crippen LogP contribution in [-0.2, 0) is 9.09 Å². The van der Waals surface area contributed by atoms with Crippen molar-refractivity contribution >= 4 is 7.82 Å². The SMILES string of the molecule is CCCCOP(=O)([O-])[O-].[NH3+]C1CCCCC1. The fourth-order valence-corrected chi connectivity index (χ4v) is 1.86. The Labute approximate surface area is 97.6 Å². The first-order valence-electron chi connectivity index (χ1n) is 5.95. The molecule has 0 aromatic carbocycles. The van der Waals surface area contributed by atoms with Crippen LogP contribution < -0.4 is 15.5 Å². The van der Waals surface area contributed by atoms with E-state index in [9.17, 15) is 14.4 Å². The predicted octanol–water partition coefficient (Wildman–Crippen LogP) is 0.193. The lowest BCUT2D eigenvalue weighted by Gasteiger charge is -2.28. The largest absolute Gasteiger partial charge is 0.790 e. The summed E-state index contributed by atoms with van der Waals surface area (Å²) in [4.78, 5) is 19.5. The van der Waals surface area contributed by atoms with E-state index in [-0.39, 0.29) is 6.61 Å². The zero-order valence-corrected chi connectivity index (χ0v) is 10.9. The minimum absolute atomic E-state index is 0.0147. The molecule has 0 spiro atoms. The second kappa shape index (κ2) is 9.14. The van der Waals surface area contributed by atoms with Gasteiger partial charge < -0.3 is 24.6 Å². The number of hydrogen-bond acceptors (Lipinski definition) is 4. The highest BCUT2D eigenvalue weighted by Gasteiger charge is 2.09. The van der Waals surface area contributed by atoms with Gasteiger partial charge in [0.2, 0.25) is 0 Å². The van der Waals surface area contributed by atoms with E-state index >= 15 is 0 Å². The molecular formula is C10H23NO4P-. The Balaban J connectivity index is 0.000000288. The van der Waals surface area contributed by atoms with Crippen molar-refractivity contribution in [1.82, 2.24) is 0 Å². The summed E-state index contributed by atoms with van der Waals surface area (Å²) in [5.74, 6) is 0. The van der Waals surface area contributed by atoms with Crippen LogP contribution in [0.2, 0.25) is 0 Å². The van der Waals surface area contributed by atoms with Gasteiger partial charge in [-0.3, -0.25) is 0 Å². The number of phosphoric acid groups is 1. The number of phosphoric ester groups is 1. The fraction of sp³-hybridized carbons (Fsp3) is 1.00. The van der Waals surface area contributed by atoms with Crippen molar-refractivity contribution in [3.8, 4) is 0 Å². The average molecular weight is 252 g/mol. The topological polar surface area (TPSA) is 100 Å². The van der Waals surface area contributed by atoms with Crippen molar-refractivity contribution in [1.29, 1.82) is 0 Å². The molecule has 0 unspecified atom stereocenters. The smallest absolute Gasteiger partial charge is 0.0843 e. The Hall–Kier alpha value is 0.0700. The van der Waals surface area contributed by atoms with Crippen LogP contribution >= 0.6 is 7.82 Å². The molecule has 0 amide bonds. The minimum atomic E-state index is -4.70. The van der Waals surface area contributed by atoms with Crippen molar-refractivity contribution in [2.24, 2.45) is 0 Å². The number of unbranched alkanes of at least 4 members (excludes halogenated alkanes) is 1. The maximum atomic E-state index is 9.76. The lowest BCUT2D eigenvalue weighted by molar-refractivity contribution is -0.425. The molecule has 0 aliphatic heterocycles. The highest BCUT2D eigenvalue weighted by atomic mass is 31.2. The predicted molar refractivity (Wildman–Crippen MR) is 58.2 cm³/mol. The van der Waals surface area contributed by atoms with Crippen LogP contribution in [0.15, 0.2) is 0 Å². The van der Waals surface area contributed by atoms with Gasteiger partial charge >= 0.3 is 0 Å². The van der Waals surface area contributed by atoms with Gasteiger partial charge in [0.1, 0.15) is 0 Å². The van der Waals surface area contributed by atoms with Gasteiger partial charge in [0.05, 0.1) is 20.5 Å². The molecule has 3 N–H and O–H groups in total. The molecule has 1 aliphatic carbocycles. The Morgan fingerprint density at radius 1 is 1.31 bits per heavy atom. The summed E-state index contributed by atoms with van der Waals surface area (Å²) < 4.78 is 13.7. The maximum Gasteiger partial charge on any atom is 0.0843 e. The molecule has 0 radical (unpaired) electrons. The third-order valence-electron chi connectivity index (χ3n) is 2.47.